The van der Waals surface area contributed by atoms with Crippen molar-refractivity contribution in [1.29, 1.82) is 0 Å². The van der Waals surface area contributed by atoms with E-state index in [1.165, 1.54) is 0 Å². The molecule has 26 heavy (non-hydrogen) atoms. The van der Waals surface area contributed by atoms with Crippen LogP contribution in [0.4, 0.5) is 11.4 Å². The summed E-state index contributed by atoms with van der Waals surface area (Å²) in [5.74, 6) is 0.574. The molecule has 4 rings (SSSR count). The molecule has 0 bridgehead atoms. The molecule has 6 heteroatoms. The summed E-state index contributed by atoms with van der Waals surface area (Å²) in [5, 5.41) is 3.99. The number of amides is 1. The van der Waals surface area contributed by atoms with E-state index in [0.29, 0.717) is 27.7 Å². The van der Waals surface area contributed by atoms with E-state index in [-0.39, 0.29) is 5.91 Å². The van der Waals surface area contributed by atoms with Crippen LogP contribution in [0, 0.1) is 0 Å². The van der Waals surface area contributed by atoms with E-state index in [9.17, 15) is 4.79 Å². The molecule has 0 fully saturated rings. The highest BCUT2D eigenvalue weighted by molar-refractivity contribution is 6.31. The summed E-state index contributed by atoms with van der Waals surface area (Å²) in [5.41, 5.74) is 2.98. The van der Waals surface area contributed by atoms with Gasteiger partial charge in [-0.2, -0.15) is 0 Å². The Labute approximate surface area is 156 Å². The number of ether oxygens (including phenoxy) is 1. The Morgan fingerprint density at radius 1 is 1.15 bits per heavy atom. The van der Waals surface area contributed by atoms with Crippen molar-refractivity contribution < 1.29 is 9.53 Å². The van der Waals surface area contributed by atoms with Crippen molar-refractivity contribution >= 4 is 28.9 Å². The number of nitrogens with zero attached hydrogens (tertiary/aromatic N) is 2. The number of halogens is 1. The van der Waals surface area contributed by atoms with Crippen LogP contribution < -0.4 is 15.0 Å². The second-order valence-corrected chi connectivity index (χ2v) is 6.30. The fraction of sp³-hybridized carbons (Fsp3) is 0.100. The van der Waals surface area contributed by atoms with E-state index < -0.39 is 6.17 Å². The van der Waals surface area contributed by atoms with Gasteiger partial charge in [-0.25, -0.2) is 0 Å². The maximum absolute atomic E-state index is 13.0. The number of hydrogen-bond donors (Lipinski definition) is 1. The van der Waals surface area contributed by atoms with Crippen molar-refractivity contribution in [1.82, 2.24) is 4.98 Å². The highest BCUT2D eigenvalue weighted by atomic mass is 35.5. The lowest BCUT2D eigenvalue weighted by Gasteiger charge is -2.27. The molecule has 1 aromatic heterocycles. The summed E-state index contributed by atoms with van der Waals surface area (Å²) in [7, 11) is 1.60. The van der Waals surface area contributed by atoms with E-state index >= 15 is 0 Å². The van der Waals surface area contributed by atoms with Gasteiger partial charge in [-0.15, -0.1) is 0 Å². The zero-order chi connectivity index (χ0) is 18.1. The predicted octanol–water partition coefficient (Wildman–Crippen LogP) is 4.51. The van der Waals surface area contributed by atoms with Gasteiger partial charge in [0.15, 0.2) is 0 Å². The van der Waals surface area contributed by atoms with E-state index in [2.05, 4.69) is 10.3 Å². The first-order valence-corrected chi connectivity index (χ1v) is 8.49. The number of nitrogens with one attached hydrogen (secondary N) is 1. The van der Waals surface area contributed by atoms with Crippen LogP contribution in [0.15, 0.2) is 67.0 Å². The van der Waals surface area contributed by atoms with Gasteiger partial charge < -0.3 is 10.1 Å². The molecule has 1 aliphatic rings. The van der Waals surface area contributed by atoms with Crippen LogP contribution in [0.5, 0.6) is 5.75 Å². The van der Waals surface area contributed by atoms with Gasteiger partial charge in [-0.3, -0.25) is 14.7 Å². The topological polar surface area (TPSA) is 54.5 Å². The van der Waals surface area contributed by atoms with Crippen molar-refractivity contribution in [3.8, 4) is 5.75 Å². The maximum atomic E-state index is 13.0. The molecule has 5 nitrogen and oxygen atoms in total. The summed E-state index contributed by atoms with van der Waals surface area (Å²) in [6.45, 7) is 0. The normalized spacial score (nSPS) is 15.7. The van der Waals surface area contributed by atoms with E-state index in [1.54, 1.807) is 42.6 Å². The van der Waals surface area contributed by atoms with Crippen molar-refractivity contribution in [2.75, 3.05) is 17.3 Å². The Morgan fingerprint density at radius 2 is 2.00 bits per heavy atom. The van der Waals surface area contributed by atoms with E-state index in [0.717, 1.165) is 5.56 Å². The minimum atomic E-state index is -0.393. The van der Waals surface area contributed by atoms with Crippen molar-refractivity contribution in [2.45, 2.75) is 6.17 Å². The SMILES string of the molecule is COc1ccc(Cl)cc1NC1c2ccccc2C(=O)N1c1cccnc1. The van der Waals surface area contributed by atoms with Gasteiger partial charge >= 0.3 is 0 Å². The van der Waals surface area contributed by atoms with Gasteiger partial charge in [0.05, 0.1) is 24.7 Å². The molecule has 0 radical (unpaired) electrons. The first-order chi connectivity index (χ1) is 12.7. The molecule has 1 atom stereocenters. The third-order valence-corrected chi connectivity index (χ3v) is 4.58. The fourth-order valence-electron chi connectivity index (χ4n) is 3.16. The predicted molar refractivity (Wildman–Crippen MR) is 102 cm³/mol. The average molecular weight is 366 g/mol. The first-order valence-electron chi connectivity index (χ1n) is 8.11. The number of anilines is 2. The monoisotopic (exact) mass is 365 g/mol. The second kappa shape index (κ2) is 6.69. The van der Waals surface area contributed by atoms with Crippen LogP contribution in [0.2, 0.25) is 5.02 Å². The van der Waals surface area contributed by atoms with Gasteiger partial charge in [0.25, 0.3) is 5.91 Å². The molecule has 0 saturated carbocycles. The molecule has 2 aromatic carbocycles. The number of methoxy groups -OCH3 is 1. The summed E-state index contributed by atoms with van der Waals surface area (Å²) in [4.78, 5) is 18.9. The molecule has 130 valence electrons. The number of aromatic nitrogens is 1. The van der Waals surface area contributed by atoms with Crippen LogP contribution >= 0.6 is 11.6 Å². The highest BCUT2D eigenvalue weighted by Crippen LogP contribution is 2.39. The van der Waals surface area contributed by atoms with Crippen LogP contribution in [0.25, 0.3) is 0 Å². The van der Waals surface area contributed by atoms with Gasteiger partial charge in [-0.05, 0) is 36.4 Å². The van der Waals surface area contributed by atoms with Gasteiger partial charge in [0.2, 0.25) is 0 Å². The number of hydrogen-bond acceptors (Lipinski definition) is 4. The van der Waals surface area contributed by atoms with Gasteiger partial charge in [0, 0.05) is 22.3 Å². The molecular weight excluding hydrogens is 350 g/mol. The smallest absolute Gasteiger partial charge is 0.260 e. The van der Waals surface area contributed by atoms with E-state index in [1.807, 2.05) is 36.4 Å². The molecule has 0 spiro atoms. The minimum absolute atomic E-state index is 0.0768. The van der Waals surface area contributed by atoms with Crippen LogP contribution in [0.3, 0.4) is 0 Å². The lowest BCUT2D eigenvalue weighted by atomic mass is 10.1. The summed E-state index contributed by atoms with van der Waals surface area (Å²) in [6.07, 6.45) is 2.96. The summed E-state index contributed by atoms with van der Waals surface area (Å²) in [6, 6.07) is 16.6. The van der Waals surface area contributed by atoms with Crippen molar-refractivity contribution in [3.05, 3.63) is 83.1 Å². The molecule has 1 N–H and O–H groups in total. The zero-order valence-electron chi connectivity index (χ0n) is 14.0. The lowest BCUT2D eigenvalue weighted by Crippen LogP contribution is -2.32. The Morgan fingerprint density at radius 3 is 2.77 bits per heavy atom. The molecule has 0 aliphatic carbocycles. The van der Waals surface area contributed by atoms with Crippen LogP contribution in [0.1, 0.15) is 22.1 Å². The number of carbonyl (C=O) groups excluding carboxylic acids is 1. The Bertz CT molecular complexity index is 962. The molecular formula is C20H16ClN3O2. The van der Waals surface area contributed by atoms with E-state index in [4.69, 9.17) is 16.3 Å². The lowest BCUT2D eigenvalue weighted by molar-refractivity contribution is 0.0993. The first kappa shape index (κ1) is 16.4. The van der Waals surface area contributed by atoms with Crippen LogP contribution in [-0.2, 0) is 0 Å². The third kappa shape index (κ3) is 2.76. The maximum Gasteiger partial charge on any atom is 0.260 e. The minimum Gasteiger partial charge on any atom is -0.495 e. The van der Waals surface area contributed by atoms with Gasteiger partial charge in [-0.1, -0.05) is 29.8 Å². The third-order valence-electron chi connectivity index (χ3n) is 4.34. The highest BCUT2D eigenvalue weighted by Gasteiger charge is 2.38. The number of pyridine rings is 1. The molecule has 1 aliphatic heterocycles. The molecule has 3 aromatic rings. The number of fused-ring (bicyclic) bond motifs is 1. The fourth-order valence-corrected chi connectivity index (χ4v) is 3.33. The van der Waals surface area contributed by atoms with Gasteiger partial charge in [0.1, 0.15) is 11.9 Å². The van der Waals surface area contributed by atoms with Crippen LogP contribution in [-0.4, -0.2) is 18.0 Å². The standard InChI is InChI=1S/C20H16ClN3O2/c1-26-18-9-8-13(21)11-17(18)23-19-15-6-2-3-7-16(15)20(25)24(19)14-5-4-10-22-12-14/h2-12,19,23H,1H3. The zero-order valence-corrected chi connectivity index (χ0v) is 14.8. The summed E-state index contributed by atoms with van der Waals surface area (Å²) < 4.78 is 5.43. The Hall–Kier alpha value is -3.05. The molecule has 0 saturated heterocycles. The number of rotatable bonds is 4. The average Bonchev–Trinajstić information content (AvgIpc) is 2.95. The number of carbonyl (C=O) groups is 1. The Balaban J connectivity index is 1.81. The van der Waals surface area contributed by atoms with Crippen molar-refractivity contribution in [2.24, 2.45) is 0 Å². The second-order valence-electron chi connectivity index (χ2n) is 5.87. The molecule has 2 heterocycles. The molecule has 1 unspecified atom stereocenters. The quantitative estimate of drug-likeness (QED) is 0.738. The van der Waals surface area contributed by atoms with Crippen molar-refractivity contribution in [3.63, 3.8) is 0 Å². The Kier molecular flexibility index (Phi) is 4.22. The summed E-state index contributed by atoms with van der Waals surface area (Å²) >= 11 is 6.16. The number of benzene rings is 2. The molecule has 1 amide bonds. The largest absolute Gasteiger partial charge is 0.495 e.